The zero-order valence-electron chi connectivity index (χ0n) is 15.6. The first-order valence-corrected chi connectivity index (χ1v) is 10.5. The molecule has 28 heavy (non-hydrogen) atoms. The zero-order chi connectivity index (χ0) is 19.5. The van der Waals surface area contributed by atoms with E-state index in [1.807, 2.05) is 47.8 Å². The number of rotatable bonds is 6. The summed E-state index contributed by atoms with van der Waals surface area (Å²) in [4.78, 5) is 13.9. The second-order valence-electron chi connectivity index (χ2n) is 6.91. The third kappa shape index (κ3) is 3.98. The summed E-state index contributed by atoms with van der Waals surface area (Å²) in [7, 11) is 0. The number of thiophene rings is 1. The summed E-state index contributed by atoms with van der Waals surface area (Å²) >= 11 is 7.83. The predicted molar refractivity (Wildman–Crippen MR) is 118 cm³/mol. The standard InChI is InChI=1S/C23H21ClN2OS/c1-16(17-6-3-2-4-7-17)14-25-23(27)15-26-20-10-9-19(24)12-18(20)13-21(26)22-8-5-11-28-22/h2-13,16H,14-15H2,1H3,(H,25,27)/t16-/m1/s1. The van der Waals surface area contributed by atoms with Crippen LogP contribution < -0.4 is 5.32 Å². The fraction of sp³-hybridized carbons (Fsp3) is 0.174. The Bertz CT molecular complexity index is 1090. The van der Waals surface area contributed by atoms with Crippen molar-refractivity contribution in [2.75, 3.05) is 6.54 Å². The van der Waals surface area contributed by atoms with E-state index in [2.05, 4.69) is 41.1 Å². The number of aromatic nitrogens is 1. The summed E-state index contributed by atoms with van der Waals surface area (Å²) in [5.41, 5.74) is 3.28. The fourth-order valence-corrected chi connectivity index (χ4v) is 4.34. The zero-order valence-corrected chi connectivity index (χ0v) is 17.1. The average Bonchev–Trinajstić information content (AvgIpc) is 3.35. The molecule has 0 aliphatic carbocycles. The lowest BCUT2D eigenvalue weighted by molar-refractivity contribution is -0.121. The topological polar surface area (TPSA) is 34.0 Å². The average molecular weight is 409 g/mol. The highest BCUT2D eigenvalue weighted by molar-refractivity contribution is 7.13. The maximum atomic E-state index is 12.7. The van der Waals surface area contributed by atoms with Crippen LogP contribution >= 0.6 is 22.9 Å². The van der Waals surface area contributed by atoms with E-state index >= 15 is 0 Å². The lowest BCUT2D eigenvalue weighted by Crippen LogP contribution is -2.30. The Labute approximate surface area is 173 Å². The molecule has 0 radical (unpaired) electrons. The highest BCUT2D eigenvalue weighted by atomic mass is 35.5. The van der Waals surface area contributed by atoms with Crippen LogP contribution in [0.5, 0.6) is 0 Å². The highest BCUT2D eigenvalue weighted by Crippen LogP contribution is 2.32. The number of halogens is 1. The van der Waals surface area contributed by atoms with Gasteiger partial charge in [0, 0.05) is 22.5 Å². The first kappa shape index (κ1) is 18.8. The molecule has 142 valence electrons. The van der Waals surface area contributed by atoms with E-state index in [0.29, 0.717) is 11.6 Å². The summed E-state index contributed by atoms with van der Waals surface area (Å²) in [5, 5.41) is 6.87. The van der Waals surface area contributed by atoms with Gasteiger partial charge >= 0.3 is 0 Å². The molecular formula is C23H21ClN2OS. The molecule has 1 atom stereocenters. The van der Waals surface area contributed by atoms with Gasteiger partial charge in [-0.05, 0) is 47.2 Å². The van der Waals surface area contributed by atoms with Crippen molar-refractivity contribution in [1.29, 1.82) is 0 Å². The van der Waals surface area contributed by atoms with Gasteiger partial charge in [0.25, 0.3) is 0 Å². The second kappa shape index (κ2) is 8.21. The van der Waals surface area contributed by atoms with Crippen LogP contribution in [-0.2, 0) is 11.3 Å². The molecular weight excluding hydrogens is 388 g/mol. The molecule has 0 aliphatic heterocycles. The van der Waals surface area contributed by atoms with Crippen LogP contribution in [0.15, 0.2) is 72.1 Å². The number of fused-ring (bicyclic) bond motifs is 1. The highest BCUT2D eigenvalue weighted by Gasteiger charge is 2.15. The van der Waals surface area contributed by atoms with Gasteiger partial charge in [-0.25, -0.2) is 0 Å². The Morgan fingerprint density at radius 3 is 2.68 bits per heavy atom. The van der Waals surface area contributed by atoms with Crippen LogP contribution in [0.25, 0.3) is 21.5 Å². The van der Waals surface area contributed by atoms with E-state index < -0.39 is 0 Å². The summed E-state index contributed by atoms with van der Waals surface area (Å²) < 4.78 is 2.07. The molecule has 0 fully saturated rings. The second-order valence-corrected chi connectivity index (χ2v) is 8.30. The largest absolute Gasteiger partial charge is 0.354 e. The van der Waals surface area contributed by atoms with Gasteiger partial charge in [0.2, 0.25) is 5.91 Å². The van der Waals surface area contributed by atoms with E-state index in [4.69, 9.17) is 11.6 Å². The number of carbonyl (C=O) groups excluding carboxylic acids is 1. The molecule has 2 aromatic heterocycles. The maximum Gasteiger partial charge on any atom is 0.239 e. The molecule has 5 heteroatoms. The third-order valence-electron chi connectivity index (χ3n) is 4.91. The smallest absolute Gasteiger partial charge is 0.239 e. The van der Waals surface area contributed by atoms with Gasteiger partial charge in [-0.1, -0.05) is 54.9 Å². The van der Waals surface area contributed by atoms with Crippen LogP contribution in [0.2, 0.25) is 5.02 Å². The minimum Gasteiger partial charge on any atom is -0.354 e. The Hall–Kier alpha value is -2.56. The van der Waals surface area contributed by atoms with Crippen molar-refractivity contribution in [3.63, 3.8) is 0 Å². The Kier molecular flexibility index (Phi) is 5.51. The van der Waals surface area contributed by atoms with E-state index in [1.54, 1.807) is 11.3 Å². The summed E-state index contributed by atoms with van der Waals surface area (Å²) in [6.07, 6.45) is 0. The maximum absolute atomic E-state index is 12.7. The summed E-state index contributed by atoms with van der Waals surface area (Å²) in [6.45, 7) is 3.02. The number of hydrogen-bond donors (Lipinski definition) is 1. The lowest BCUT2D eigenvalue weighted by Gasteiger charge is -2.15. The number of hydrogen-bond acceptors (Lipinski definition) is 2. The van der Waals surface area contributed by atoms with E-state index in [9.17, 15) is 4.79 Å². The van der Waals surface area contributed by atoms with Crippen molar-refractivity contribution in [3.05, 3.63) is 82.7 Å². The van der Waals surface area contributed by atoms with Gasteiger partial charge in [0.1, 0.15) is 6.54 Å². The molecule has 1 amide bonds. The van der Waals surface area contributed by atoms with Crippen LogP contribution in [0.1, 0.15) is 18.4 Å². The third-order valence-corrected chi connectivity index (χ3v) is 6.04. The number of nitrogens with zero attached hydrogens (tertiary/aromatic N) is 1. The molecule has 2 aromatic carbocycles. The van der Waals surface area contributed by atoms with Crippen molar-refractivity contribution in [3.8, 4) is 10.6 Å². The van der Waals surface area contributed by atoms with Crippen molar-refractivity contribution >= 4 is 39.7 Å². The minimum absolute atomic E-state index is 0.00744. The van der Waals surface area contributed by atoms with Crippen LogP contribution in [0, 0.1) is 0 Å². The van der Waals surface area contributed by atoms with E-state index in [-0.39, 0.29) is 18.4 Å². The summed E-state index contributed by atoms with van der Waals surface area (Å²) in [6, 6.07) is 22.2. The van der Waals surface area contributed by atoms with Gasteiger partial charge < -0.3 is 9.88 Å². The van der Waals surface area contributed by atoms with Crippen LogP contribution in [0.3, 0.4) is 0 Å². The number of nitrogens with one attached hydrogen (secondary N) is 1. The fourth-order valence-electron chi connectivity index (χ4n) is 3.41. The van der Waals surface area contributed by atoms with Crippen molar-refractivity contribution in [2.24, 2.45) is 0 Å². The normalized spacial score (nSPS) is 12.2. The van der Waals surface area contributed by atoms with Crippen molar-refractivity contribution < 1.29 is 4.79 Å². The van der Waals surface area contributed by atoms with E-state index in [1.165, 1.54) is 5.56 Å². The van der Waals surface area contributed by atoms with Crippen LogP contribution in [-0.4, -0.2) is 17.0 Å². The molecule has 2 heterocycles. The van der Waals surface area contributed by atoms with Gasteiger partial charge in [-0.3, -0.25) is 4.79 Å². The lowest BCUT2D eigenvalue weighted by atomic mass is 10.0. The number of carbonyl (C=O) groups is 1. The molecule has 0 spiro atoms. The van der Waals surface area contributed by atoms with Gasteiger partial charge in [0.15, 0.2) is 0 Å². The van der Waals surface area contributed by atoms with Crippen molar-refractivity contribution in [2.45, 2.75) is 19.4 Å². The first-order valence-electron chi connectivity index (χ1n) is 9.26. The molecule has 0 aliphatic rings. The Morgan fingerprint density at radius 2 is 1.93 bits per heavy atom. The SMILES string of the molecule is C[C@H](CNC(=O)Cn1c(-c2cccs2)cc2cc(Cl)ccc21)c1ccccc1. The minimum atomic E-state index is 0.00744. The molecule has 0 saturated carbocycles. The number of amides is 1. The summed E-state index contributed by atoms with van der Waals surface area (Å²) in [5.74, 6) is 0.273. The van der Waals surface area contributed by atoms with E-state index in [0.717, 1.165) is 21.5 Å². The quantitative estimate of drug-likeness (QED) is 0.420. The molecule has 0 bridgehead atoms. The molecule has 1 N–H and O–H groups in total. The molecule has 0 saturated heterocycles. The molecule has 3 nitrogen and oxygen atoms in total. The van der Waals surface area contributed by atoms with Crippen molar-refractivity contribution in [1.82, 2.24) is 9.88 Å². The molecule has 4 rings (SSSR count). The van der Waals surface area contributed by atoms with Gasteiger partial charge in [0.05, 0.1) is 10.6 Å². The Morgan fingerprint density at radius 1 is 1.11 bits per heavy atom. The predicted octanol–water partition coefficient (Wildman–Crippen LogP) is 5.94. The van der Waals surface area contributed by atoms with Gasteiger partial charge in [-0.15, -0.1) is 11.3 Å². The molecule has 4 aromatic rings. The number of benzene rings is 2. The Balaban J connectivity index is 1.55. The monoisotopic (exact) mass is 408 g/mol. The first-order chi connectivity index (χ1) is 13.6. The molecule has 0 unspecified atom stereocenters. The van der Waals surface area contributed by atoms with Gasteiger partial charge in [-0.2, -0.15) is 0 Å². The van der Waals surface area contributed by atoms with Crippen LogP contribution in [0.4, 0.5) is 0 Å².